The first kappa shape index (κ1) is 23.1. The standard InChI is InChI=1S/C25H22F2N4O3S/c1-34-25-22(35(32,33)21-5-3-2-4-18(21)26)14-16(15-30-25)17-6-7-19-23(24(17)27)20(8-9-29-19)31-12-10-28-11-13-31/h2-9,14-15,28H,10-13H2,1H3. The van der Waals surface area contributed by atoms with Gasteiger partial charge in [0.05, 0.1) is 23.7 Å². The fourth-order valence-corrected chi connectivity index (χ4v) is 5.75. The van der Waals surface area contributed by atoms with E-state index in [1.807, 2.05) is 0 Å². The van der Waals surface area contributed by atoms with Gasteiger partial charge in [0.25, 0.3) is 0 Å². The highest BCUT2D eigenvalue weighted by atomic mass is 32.2. The lowest BCUT2D eigenvalue weighted by atomic mass is 10.0. The smallest absolute Gasteiger partial charge is 0.232 e. The number of benzene rings is 2. The Morgan fingerprint density at radius 2 is 1.77 bits per heavy atom. The van der Waals surface area contributed by atoms with Crippen LogP contribution in [0.2, 0.25) is 0 Å². The third-order valence-electron chi connectivity index (χ3n) is 6.02. The van der Waals surface area contributed by atoms with E-state index >= 15 is 4.39 Å². The molecule has 0 aliphatic carbocycles. The molecule has 0 saturated carbocycles. The molecule has 5 rings (SSSR count). The number of nitrogens with zero attached hydrogens (tertiary/aromatic N) is 3. The van der Waals surface area contributed by atoms with E-state index < -0.39 is 26.4 Å². The topological polar surface area (TPSA) is 84.4 Å². The second kappa shape index (κ2) is 9.20. The van der Waals surface area contributed by atoms with Gasteiger partial charge < -0.3 is 15.0 Å². The van der Waals surface area contributed by atoms with Crippen LogP contribution in [0.25, 0.3) is 22.0 Å². The van der Waals surface area contributed by atoms with Crippen molar-refractivity contribution in [3.8, 4) is 17.0 Å². The maximum absolute atomic E-state index is 16.0. The van der Waals surface area contributed by atoms with Crippen LogP contribution in [0.3, 0.4) is 0 Å². The average Bonchev–Trinajstić information content (AvgIpc) is 2.89. The molecule has 1 N–H and O–H groups in total. The number of hydrogen-bond acceptors (Lipinski definition) is 7. The lowest BCUT2D eigenvalue weighted by Crippen LogP contribution is -2.43. The van der Waals surface area contributed by atoms with E-state index in [9.17, 15) is 12.8 Å². The molecule has 0 unspecified atom stereocenters. The minimum Gasteiger partial charge on any atom is -0.480 e. The molecule has 3 heterocycles. The number of methoxy groups -OCH3 is 1. The minimum atomic E-state index is -4.34. The average molecular weight is 497 g/mol. The summed E-state index contributed by atoms with van der Waals surface area (Å²) in [6, 6.07) is 11.3. The van der Waals surface area contributed by atoms with Crippen molar-refractivity contribution in [3.05, 3.63) is 72.6 Å². The molecule has 35 heavy (non-hydrogen) atoms. The van der Waals surface area contributed by atoms with E-state index in [0.29, 0.717) is 10.9 Å². The van der Waals surface area contributed by atoms with E-state index in [4.69, 9.17) is 4.74 Å². The first-order chi connectivity index (χ1) is 16.9. The normalized spacial score (nSPS) is 14.3. The summed E-state index contributed by atoms with van der Waals surface area (Å²) in [7, 11) is -3.07. The van der Waals surface area contributed by atoms with Crippen LogP contribution in [0.1, 0.15) is 0 Å². The van der Waals surface area contributed by atoms with E-state index in [1.165, 1.54) is 43.6 Å². The SMILES string of the molecule is COc1ncc(-c2ccc3nccc(N4CCNCC4)c3c2F)cc1S(=O)(=O)c1ccccc1F. The van der Waals surface area contributed by atoms with Gasteiger partial charge in [0.1, 0.15) is 21.4 Å². The molecule has 1 aliphatic rings. The summed E-state index contributed by atoms with van der Waals surface area (Å²) in [5.41, 5.74) is 1.58. The Balaban J connectivity index is 1.68. The van der Waals surface area contributed by atoms with E-state index in [1.54, 1.807) is 18.3 Å². The van der Waals surface area contributed by atoms with Gasteiger partial charge in [-0.25, -0.2) is 22.2 Å². The number of anilines is 1. The van der Waals surface area contributed by atoms with Crippen LogP contribution >= 0.6 is 0 Å². The summed E-state index contributed by atoms with van der Waals surface area (Å²) in [5.74, 6) is -1.64. The van der Waals surface area contributed by atoms with E-state index in [0.717, 1.165) is 37.9 Å². The number of piperazine rings is 1. The molecule has 2 aromatic heterocycles. The quantitative estimate of drug-likeness (QED) is 0.450. The Morgan fingerprint density at radius 3 is 2.51 bits per heavy atom. The molecule has 2 aromatic carbocycles. The Morgan fingerprint density at radius 1 is 1.00 bits per heavy atom. The van der Waals surface area contributed by atoms with Gasteiger partial charge in [0, 0.05) is 49.7 Å². The van der Waals surface area contributed by atoms with Crippen molar-refractivity contribution in [3.63, 3.8) is 0 Å². The summed E-state index contributed by atoms with van der Waals surface area (Å²) in [5, 5.41) is 3.63. The van der Waals surface area contributed by atoms with Crippen molar-refractivity contribution in [2.24, 2.45) is 0 Å². The van der Waals surface area contributed by atoms with Gasteiger partial charge in [-0.15, -0.1) is 0 Å². The van der Waals surface area contributed by atoms with Crippen LogP contribution in [0.15, 0.2) is 70.7 Å². The Hall–Kier alpha value is -3.63. The Kier molecular flexibility index (Phi) is 6.08. The zero-order valence-electron chi connectivity index (χ0n) is 18.8. The second-order valence-electron chi connectivity index (χ2n) is 8.05. The lowest BCUT2D eigenvalue weighted by Gasteiger charge is -2.30. The molecule has 1 fully saturated rings. The van der Waals surface area contributed by atoms with Gasteiger partial charge in [-0.3, -0.25) is 4.98 Å². The van der Waals surface area contributed by atoms with Gasteiger partial charge in [-0.05, 0) is 36.4 Å². The van der Waals surface area contributed by atoms with Gasteiger partial charge in [0.15, 0.2) is 0 Å². The summed E-state index contributed by atoms with van der Waals surface area (Å²) in [6.45, 7) is 3.01. The fourth-order valence-electron chi connectivity index (χ4n) is 4.29. The zero-order valence-corrected chi connectivity index (χ0v) is 19.6. The van der Waals surface area contributed by atoms with Crippen LogP contribution in [0.4, 0.5) is 14.5 Å². The molecular weight excluding hydrogens is 474 g/mol. The number of aromatic nitrogens is 2. The summed E-state index contributed by atoms with van der Waals surface area (Å²) in [4.78, 5) is 9.64. The Bertz CT molecular complexity index is 1520. The van der Waals surface area contributed by atoms with Crippen LogP contribution in [0, 0.1) is 11.6 Å². The summed E-state index contributed by atoms with van der Waals surface area (Å²) >= 11 is 0. The van der Waals surface area contributed by atoms with Gasteiger partial charge in [-0.2, -0.15) is 0 Å². The fraction of sp³-hybridized carbons (Fsp3) is 0.200. The predicted octanol–water partition coefficient (Wildman–Crippen LogP) is 3.83. The van der Waals surface area contributed by atoms with Crippen molar-refractivity contribution in [1.82, 2.24) is 15.3 Å². The number of hydrogen-bond donors (Lipinski definition) is 1. The van der Waals surface area contributed by atoms with Crippen LogP contribution < -0.4 is 15.0 Å². The molecule has 1 aliphatic heterocycles. The van der Waals surface area contributed by atoms with Crippen molar-refractivity contribution >= 4 is 26.4 Å². The van der Waals surface area contributed by atoms with Crippen LogP contribution in [-0.2, 0) is 9.84 Å². The van der Waals surface area contributed by atoms with Crippen LogP contribution in [-0.4, -0.2) is 51.7 Å². The monoisotopic (exact) mass is 496 g/mol. The maximum atomic E-state index is 16.0. The number of halogens is 2. The second-order valence-corrected chi connectivity index (χ2v) is 9.94. The third-order valence-corrected chi connectivity index (χ3v) is 7.80. The minimum absolute atomic E-state index is 0.155. The third kappa shape index (κ3) is 4.08. The number of pyridine rings is 2. The molecule has 10 heteroatoms. The molecular formula is C25H22F2N4O3S. The number of ether oxygens (including phenoxy) is 1. The van der Waals surface area contributed by atoms with E-state index in [-0.39, 0.29) is 21.9 Å². The zero-order chi connectivity index (χ0) is 24.6. The largest absolute Gasteiger partial charge is 0.480 e. The van der Waals surface area contributed by atoms with Gasteiger partial charge >= 0.3 is 0 Å². The highest BCUT2D eigenvalue weighted by Crippen LogP contribution is 2.37. The highest BCUT2D eigenvalue weighted by molar-refractivity contribution is 7.91. The number of sulfone groups is 1. The molecule has 0 atom stereocenters. The summed E-state index contributed by atoms with van der Waals surface area (Å²) in [6.07, 6.45) is 2.98. The molecule has 4 aromatic rings. The number of rotatable bonds is 5. The van der Waals surface area contributed by atoms with Crippen molar-refractivity contribution in [1.29, 1.82) is 0 Å². The molecule has 0 radical (unpaired) electrons. The maximum Gasteiger partial charge on any atom is 0.232 e. The lowest BCUT2D eigenvalue weighted by molar-refractivity contribution is 0.385. The molecule has 0 amide bonds. The summed E-state index contributed by atoms with van der Waals surface area (Å²) < 4.78 is 62.1. The van der Waals surface area contributed by atoms with Crippen molar-refractivity contribution < 1.29 is 21.9 Å². The molecule has 180 valence electrons. The molecule has 7 nitrogen and oxygen atoms in total. The molecule has 0 bridgehead atoms. The van der Waals surface area contributed by atoms with Crippen molar-refractivity contribution in [2.75, 3.05) is 38.2 Å². The predicted molar refractivity (Wildman–Crippen MR) is 128 cm³/mol. The van der Waals surface area contributed by atoms with E-state index in [2.05, 4.69) is 20.2 Å². The number of nitrogens with one attached hydrogen (secondary N) is 1. The first-order valence-electron chi connectivity index (χ1n) is 11.0. The Labute approximate surface area is 201 Å². The molecule has 0 spiro atoms. The number of fused-ring (bicyclic) bond motifs is 1. The van der Waals surface area contributed by atoms with Gasteiger partial charge in [0.2, 0.25) is 15.7 Å². The van der Waals surface area contributed by atoms with Crippen LogP contribution in [0.5, 0.6) is 5.88 Å². The highest BCUT2D eigenvalue weighted by Gasteiger charge is 2.28. The van der Waals surface area contributed by atoms with Gasteiger partial charge in [-0.1, -0.05) is 12.1 Å². The molecule has 1 saturated heterocycles. The van der Waals surface area contributed by atoms with Crippen molar-refractivity contribution in [2.45, 2.75) is 9.79 Å². The first-order valence-corrected chi connectivity index (χ1v) is 12.5.